The summed E-state index contributed by atoms with van der Waals surface area (Å²) in [6, 6.07) is 4.57. The average Bonchev–Trinajstić information content (AvgIpc) is 2.81. The van der Waals surface area contributed by atoms with Gasteiger partial charge in [-0.25, -0.2) is 4.39 Å². The maximum absolute atomic E-state index is 13.7. The van der Waals surface area contributed by atoms with Crippen molar-refractivity contribution in [2.45, 2.75) is 31.0 Å². The number of ether oxygens (including phenoxy) is 2. The molecule has 2 aliphatic heterocycles. The Hall–Kier alpha value is -0.940. The van der Waals surface area contributed by atoms with Crippen LogP contribution in [0.25, 0.3) is 0 Å². The van der Waals surface area contributed by atoms with Crippen LogP contribution in [0.15, 0.2) is 18.2 Å². The van der Waals surface area contributed by atoms with E-state index in [0.29, 0.717) is 18.0 Å². The van der Waals surface area contributed by atoms with Crippen molar-refractivity contribution in [3.63, 3.8) is 0 Å². The van der Waals surface area contributed by atoms with Gasteiger partial charge in [0.15, 0.2) is 11.6 Å². The fourth-order valence-electron chi connectivity index (χ4n) is 2.74. The normalized spacial score (nSPS) is 30.7. The number of rotatable bonds is 2. The molecule has 19 heavy (non-hydrogen) atoms. The van der Waals surface area contributed by atoms with Gasteiger partial charge in [-0.1, -0.05) is 0 Å². The topological polar surface area (TPSA) is 44.5 Å². The molecular formula is C14H18FNO2S. The van der Waals surface area contributed by atoms with Crippen LogP contribution in [0.5, 0.6) is 5.75 Å². The highest BCUT2D eigenvalue weighted by atomic mass is 32.2. The van der Waals surface area contributed by atoms with E-state index >= 15 is 0 Å². The van der Waals surface area contributed by atoms with E-state index in [1.165, 1.54) is 6.07 Å². The highest BCUT2D eigenvalue weighted by Gasteiger charge is 2.41. The number of halogens is 1. The van der Waals surface area contributed by atoms with Crippen molar-refractivity contribution >= 4 is 17.4 Å². The number of hydrogen-bond acceptors (Lipinski definition) is 4. The third-order valence-electron chi connectivity index (χ3n) is 3.76. The summed E-state index contributed by atoms with van der Waals surface area (Å²) in [6.45, 7) is 0.696. The van der Waals surface area contributed by atoms with E-state index in [9.17, 15) is 4.39 Å². The van der Waals surface area contributed by atoms with Gasteiger partial charge < -0.3 is 15.2 Å². The molecule has 0 aliphatic carbocycles. The number of benzene rings is 1. The van der Waals surface area contributed by atoms with Crippen molar-refractivity contribution in [1.29, 1.82) is 0 Å². The molecular weight excluding hydrogens is 265 g/mol. The standard InChI is InChI=1S/C14H18FNO2S/c15-12-7-10(16)1-2-13(12)18-11-3-5-17-14(8-11)4-6-19-9-14/h1-2,7,11H,3-6,8-9,16H2. The van der Waals surface area contributed by atoms with Crippen LogP contribution in [0.4, 0.5) is 10.1 Å². The van der Waals surface area contributed by atoms with Crippen molar-refractivity contribution in [3.05, 3.63) is 24.0 Å². The summed E-state index contributed by atoms with van der Waals surface area (Å²) < 4.78 is 25.5. The molecule has 0 radical (unpaired) electrons. The number of nitrogen functional groups attached to an aromatic ring is 1. The maximum atomic E-state index is 13.7. The third-order valence-corrected chi connectivity index (χ3v) is 4.99. The lowest BCUT2D eigenvalue weighted by atomic mass is 9.91. The van der Waals surface area contributed by atoms with Crippen LogP contribution < -0.4 is 10.5 Å². The van der Waals surface area contributed by atoms with Crippen LogP contribution in [0.2, 0.25) is 0 Å². The van der Waals surface area contributed by atoms with E-state index in [-0.39, 0.29) is 17.5 Å². The average molecular weight is 283 g/mol. The molecule has 2 saturated heterocycles. The summed E-state index contributed by atoms with van der Waals surface area (Å²) in [5.74, 6) is 2.07. The third kappa shape index (κ3) is 2.82. The predicted molar refractivity (Wildman–Crippen MR) is 75.1 cm³/mol. The lowest BCUT2D eigenvalue weighted by Crippen LogP contribution is -2.43. The largest absolute Gasteiger partial charge is 0.487 e. The SMILES string of the molecule is Nc1ccc(OC2CCOC3(CCSC3)C2)c(F)c1. The number of hydrogen-bond donors (Lipinski definition) is 1. The lowest BCUT2D eigenvalue weighted by Gasteiger charge is -2.37. The van der Waals surface area contributed by atoms with E-state index in [2.05, 4.69) is 0 Å². The summed E-state index contributed by atoms with van der Waals surface area (Å²) in [4.78, 5) is 0. The quantitative estimate of drug-likeness (QED) is 0.848. The van der Waals surface area contributed by atoms with Crippen molar-refractivity contribution in [2.75, 3.05) is 23.8 Å². The van der Waals surface area contributed by atoms with Crippen molar-refractivity contribution < 1.29 is 13.9 Å². The molecule has 2 heterocycles. The monoisotopic (exact) mass is 283 g/mol. The van der Waals surface area contributed by atoms with E-state index in [0.717, 1.165) is 30.8 Å². The van der Waals surface area contributed by atoms with Crippen LogP contribution in [-0.2, 0) is 4.74 Å². The van der Waals surface area contributed by atoms with Gasteiger partial charge in [0.05, 0.1) is 12.2 Å². The Morgan fingerprint density at radius 3 is 3.11 bits per heavy atom. The zero-order chi connectivity index (χ0) is 13.3. The van der Waals surface area contributed by atoms with Crippen LogP contribution >= 0.6 is 11.8 Å². The lowest BCUT2D eigenvalue weighted by molar-refractivity contribution is -0.0964. The Labute approximate surface area is 116 Å². The second-order valence-electron chi connectivity index (χ2n) is 5.26. The van der Waals surface area contributed by atoms with E-state index < -0.39 is 0 Å². The van der Waals surface area contributed by atoms with Crippen molar-refractivity contribution in [2.24, 2.45) is 0 Å². The molecule has 0 aromatic heterocycles. The van der Waals surface area contributed by atoms with Gasteiger partial charge in [0.1, 0.15) is 6.10 Å². The summed E-state index contributed by atoms with van der Waals surface area (Å²) in [5, 5.41) is 0. The van der Waals surface area contributed by atoms with Crippen LogP contribution in [-0.4, -0.2) is 29.8 Å². The fourth-order valence-corrected chi connectivity index (χ4v) is 4.12. The Bertz CT molecular complexity index is 463. The molecule has 1 aromatic carbocycles. The Balaban J connectivity index is 1.69. The fraction of sp³-hybridized carbons (Fsp3) is 0.571. The first kappa shape index (κ1) is 13.1. The van der Waals surface area contributed by atoms with Gasteiger partial charge in [-0.05, 0) is 24.3 Å². The number of thioether (sulfide) groups is 1. The molecule has 2 N–H and O–H groups in total. The van der Waals surface area contributed by atoms with Crippen LogP contribution in [0, 0.1) is 5.82 Å². The molecule has 2 atom stereocenters. The van der Waals surface area contributed by atoms with Gasteiger partial charge in [-0.15, -0.1) is 0 Å². The molecule has 2 aliphatic rings. The van der Waals surface area contributed by atoms with E-state index in [4.69, 9.17) is 15.2 Å². The summed E-state index contributed by atoms with van der Waals surface area (Å²) in [5.41, 5.74) is 5.91. The maximum Gasteiger partial charge on any atom is 0.167 e. The molecule has 3 nitrogen and oxygen atoms in total. The highest BCUT2D eigenvalue weighted by molar-refractivity contribution is 7.99. The molecule has 1 spiro atoms. The van der Waals surface area contributed by atoms with Crippen molar-refractivity contribution in [1.82, 2.24) is 0 Å². The number of nitrogens with two attached hydrogens (primary N) is 1. The first-order valence-electron chi connectivity index (χ1n) is 6.60. The van der Waals surface area contributed by atoms with Crippen LogP contribution in [0.3, 0.4) is 0 Å². The first-order chi connectivity index (χ1) is 9.17. The second kappa shape index (κ2) is 5.21. The smallest absolute Gasteiger partial charge is 0.167 e. The van der Waals surface area contributed by atoms with Gasteiger partial charge in [0.2, 0.25) is 0 Å². The Morgan fingerprint density at radius 1 is 1.47 bits per heavy atom. The minimum atomic E-state index is -0.388. The van der Waals surface area contributed by atoms with Crippen molar-refractivity contribution in [3.8, 4) is 5.75 Å². The predicted octanol–water partition coefficient (Wildman–Crippen LogP) is 2.84. The Morgan fingerprint density at radius 2 is 2.37 bits per heavy atom. The molecule has 2 unspecified atom stereocenters. The number of anilines is 1. The first-order valence-corrected chi connectivity index (χ1v) is 7.76. The molecule has 3 rings (SSSR count). The summed E-state index contributed by atoms with van der Waals surface area (Å²) >= 11 is 1.92. The molecule has 0 saturated carbocycles. The van der Waals surface area contributed by atoms with Crippen LogP contribution in [0.1, 0.15) is 19.3 Å². The molecule has 5 heteroatoms. The van der Waals surface area contributed by atoms with Gasteiger partial charge in [-0.2, -0.15) is 11.8 Å². The van der Waals surface area contributed by atoms with Gasteiger partial charge in [-0.3, -0.25) is 0 Å². The molecule has 2 fully saturated rings. The minimum absolute atomic E-state index is 0.0329. The van der Waals surface area contributed by atoms with Gasteiger partial charge >= 0.3 is 0 Å². The molecule has 0 amide bonds. The zero-order valence-corrected chi connectivity index (χ0v) is 11.5. The van der Waals surface area contributed by atoms with E-state index in [1.807, 2.05) is 11.8 Å². The van der Waals surface area contributed by atoms with E-state index in [1.54, 1.807) is 12.1 Å². The molecule has 1 aromatic rings. The second-order valence-corrected chi connectivity index (χ2v) is 6.36. The van der Waals surface area contributed by atoms with Gasteiger partial charge in [0, 0.05) is 30.3 Å². The highest BCUT2D eigenvalue weighted by Crippen LogP contribution is 2.39. The van der Waals surface area contributed by atoms with Gasteiger partial charge in [0.25, 0.3) is 0 Å². The molecule has 104 valence electrons. The summed E-state index contributed by atoms with van der Waals surface area (Å²) in [7, 11) is 0. The Kier molecular flexibility index (Phi) is 3.58. The minimum Gasteiger partial charge on any atom is -0.487 e. The molecule has 0 bridgehead atoms. The summed E-state index contributed by atoms with van der Waals surface area (Å²) in [6.07, 6.45) is 2.77. The zero-order valence-electron chi connectivity index (χ0n) is 10.7.